The molecule has 3 rings (SSSR count). The summed E-state index contributed by atoms with van der Waals surface area (Å²) in [5.41, 5.74) is 0.991. The number of carbonyl (C=O) groups excluding carboxylic acids is 1. The summed E-state index contributed by atoms with van der Waals surface area (Å²) >= 11 is 0. The number of allylic oxidation sites excluding steroid dienone is 2. The molecule has 1 aliphatic carbocycles. The van der Waals surface area contributed by atoms with E-state index in [0.29, 0.717) is 6.54 Å². The van der Waals surface area contributed by atoms with Gasteiger partial charge in [-0.25, -0.2) is 9.67 Å². The maximum atomic E-state index is 12.0. The second kappa shape index (κ2) is 6.35. The molecule has 2 heterocycles. The van der Waals surface area contributed by atoms with Crippen LogP contribution in [0, 0.1) is 5.92 Å². The summed E-state index contributed by atoms with van der Waals surface area (Å²) in [6.45, 7) is 0.519. The van der Waals surface area contributed by atoms with Gasteiger partial charge in [-0.1, -0.05) is 18.2 Å². The average molecular weight is 282 g/mol. The SMILES string of the molecule is O=C(NCc1ccc(-n2cccn2)nc1)C1CC=CCC1. The molecule has 1 N–H and O–H groups in total. The van der Waals surface area contributed by atoms with Crippen molar-refractivity contribution in [1.29, 1.82) is 0 Å². The second-order valence-electron chi connectivity index (χ2n) is 5.17. The van der Waals surface area contributed by atoms with Gasteiger partial charge >= 0.3 is 0 Å². The summed E-state index contributed by atoms with van der Waals surface area (Å²) in [6, 6.07) is 5.72. The number of hydrogen-bond donors (Lipinski definition) is 1. The molecule has 108 valence electrons. The molecule has 2 aromatic rings. The van der Waals surface area contributed by atoms with E-state index >= 15 is 0 Å². The Labute approximate surface area is 123 Å². The highest BCUT2D eigenvalue weighted by Crippen LogP contribution is 2.18. The first-order valence-electron chi connectivity index (χ1n) is 7.20. The summed E-state index contributed by atoms with van der Waals surface area (Å²) < 4.78 is 1.71. The molecule has 1 amide bonds. The van der Waals surface area contributed by atoms with Gasteiger partial charge in [0.25, 0.3) is 0 Å². The zero-order valence-electron chi connectivity index (χ0n) is 11.8. The molecule has 21 heavy (non-hydrogen) atoms. The van der Waals surface area contributed by atoms with Gasteiger partial charge in [-0.05, 0) is 37.0 Å². The van der Waals surface area contributed by atoms with Crippen molar-refractivity contribution in [2.45, 2.75) is 25.8 Å². The first-order chi connectivity index (χ1) is 10.3. The van der Waals surface area contributed by atoms with E-state index in [9.17, 15) is 4.79 Å². The summed E-state index contributed by atoms with van der Waals surface area (Å²) in [6.07, 6.45) is 12.4. The first-order valence-corrected chi connectivity index (χ1v) is 7.20. The quantitative estimate of drug-likeness (QED) is 0.875. The van der Waals surface area contributed by atoms with Gasteiger partial charge < -0.3 is 5.32 Å². The summed E-state index contributed by atoms with van der Waals surface area (Å²) in [7, 11) is 0. The van der Waals surface area contributed by atoms with Crippen LogP contribution in [0.2, 0.25) is 0 Å². The molecular weight excluding hydrogens is 264 g/mol. The Kier molecular flexibility index (Phi) is 4.09. The van der Waals surface area contributed by atoms with Gasteiger partial charge in [0.2, 0.25) is 5.91 Å². The molecule has 0 fully saturated rings. The monoisotopic (exact) mass is 282 g/mol. The summed E-state index contributed by atoms with van der Waals surface area (Å²) in [4.78, 5) is 16.4. The fraction of sp³-hybridized carbons (Fsp3) is 0.312. The standard InChI is InChI=1S/C16H18N4O/c21-16(14-5-2-1-3-6-14)18-12-13-7-8-15(17-11-13)20-10-4-9-19-20/h1-2,4,7-11,14H,3,5-6,12H2,(H,18,21). The van der Waals surface area contributed by atoms with Crippen LogP contribution in [-0.4, -0.2) is 20.7 Å². The van der Waals surface area contributed by atoms with E-state index in [-0.39, 0.29) is 11.8 Å². The maximum Gasteiger partial charge on any atom is 0.223 e. The van der Waals surface area contributed by atoms with Crippen LogP contribution >= 0.6 is 0 Å². The van der Waals surface area contributed by atoms with Crippen molar-refractivity contribution in [3.8, 4) is 5.82 Å². The summed E-state index contributed by atoms with van der Waals surface area (Å²) in [5.74, 6) is 1.02. The Morgan fingerprint density at radius 1 is 1.38 bits per heavy atom. The molecule has 1 unspecified atom stereocenters. The largest absolute Gasteiger partial charge is 0.352 e. The van der Waals surface area contributed by atoms with Gasteiger partial charge in [-0.2, -0.15) is 5.10 Å². The molecule has 5 nitrogen and oxygen atoms in total. The third kappa shape index (κ3) is 3.37. The van der Waals surface area contributed by atoms with Gasteiger partial charge in [0.05, 0.1) is 0 Å². The van der Waals surface area contributed by atoms with Gasteiger partial charge in [0.15, 0.2) is 5.82 Å². The normalized spacial score (nSPS) is 17.6. The lowest BCUT2D eigenvalue weighted by Gasteiger charge is -2.17. The number of hydrogen-bond acceptors (Lipinski definition) is 3. The van der Waals surface area contributed by atoms with Gasteiger partial charge in [-0.3, -0.25) is 4.79 Å². The predicted octanol–water partition coefficient (Wildman–Crippen LogP) is 2.24. The fourth-order valence-electron chi connectivity index (χ4n) is 2.43. The molecule has 0 radical (unpaired) electrons. The lowest BCUT2D eigenvalue weighted by Crippen LogP contribution is -2.30. The minimum absolute atomic E-state index is 0.117. The molecule has 2 aromatic heterocycles. The smallest absolute Gasteiger partial charge is 0.223 e. The van der Waals surface area contributed by atoms with E-state index < -0.39 is 0 Å². The Morgan fingerprint density at radius 3 is 3.00 bits per heavy atom. The summed E-state index contributed by atoms with van der Waals surface area (Å²) in [5, 5.41) is 7.12. The van der Waals surface area contributed by atoms with Crippen LogP contribution in [0.15, 0.2) is 48.9 Å². The number of amides is 1. The van der Waals surface area contributed by atoms with E-state index in [0.717, 1.165) is 30.6 Å². The number of rotatable bonds is 4. The first kappa shape index (κ1) is 13.5. The molecule has 0 aliphatic heterocycles. The lowest BCUT2D eigenvalue weighted by molar-refractivity contribution is -0.125. The highest BCUT2D eigenvalue weighted by Gasteiger charge is 2.17. The average Bonchev–Trinajstić information content (AvgIpc) is 3.08. The number of aromatic nitrogens is 3. The maximum absolute atomic E-state index is 12.0. The van der Waals surface area contributed by atoms with Crippen LogP contribution in [0.4, 0.5) is 0 Å². The topological polar surface area (TPSA) is 59.8 Å². The van der Waals surface area contributed by atoms with E-state index in [1.54, 1.807) is 17.1 Å². The van der Waals surface area contributed by atoms with E-state index in [1.807, 2.05) is 24.4 Å². The minimum atomic E-state index is 0.117. The number of carbonyl (C=O) groups is 1. The van der Waals surface area contributed by atoms with Crippen molar-refractivity contribution in [3.63, 3.8) is 0 Å². The Morgan fingerprint density at radius 2 is 2.33 bits per heavy atom. The number of pyridine rings is 1. The highest BCUT2D eigenvalue weighted by molar-refractivity contribution is 5.78. The third-order valence-electron chi connectivity index (χ3n) is 3.65. The molecule has 0 bridgehead atoms. The molecule has 0 saturated carbocycles. The second-order valence-corrected chi connectivity index (χ2v) is 5.17. The van der Waals surface area contributed by atoms with Crippen LogP contribution in [0.3, 0.4) is 0 Å². The predicted molar refractivity (Wildman–Crippen MR) is 79.7 cm³/mol. The van der Waals surface area contributed by atoms with Gasteiger partial charge in [0, 0.05) is 31.1 Å². The zero-order valence-corrected chi connectivity index (χ0v) is 11.8. The Balaban J connectivity index is 1.56. The van der Waals surface area contributed by atoms with E-state index in [2.05, 4.69) is 27.6 Å². The molecule has 1 atom stereocenters. The minimum Gasteiger partial charge on any atom is -0.352 e. The lowest BCUT2D eigenvalue weighted by atomic mass is 9.93. The van der Waals surface area contributed by atoms with E-state index in [4.69, 9.17) is 0 Å². The van der Waals surface area contributed by atoms with Crippen molar-refractivity contribution in [2.24, 2.45) is 5.92 Å². The van der Waals surface area contributed by atoms with Crippen LogP contribution in [0.1, 0.15) is 24.8 Å². The van der Waals surface area contributed by atoms with Crippen molar-refractivity contribution < 1.29 is 4.79 Å². The van der Waals surface area contributed by atoms with Gasteiger partial charge in [0.1, 0.15) is 0 Å². The van der Waals surface area contributed by atoms with Crippen LogP contribution in [0.5, 0.6) is 0 Å². The molecule has 1 aliphatic rings. The molecular formula is C16H18N4O. The number of nitrogens with one attached hydrogen (secondary N) is 1. The Bertz CT molecular complexity index is 616. The van der Waals surface area contributed by atoms with Crippen LogP contribution in [0.25, 0.3) is 5.82 Å². The van der Waals surface area contributed by atoms with Crippen molar-refractivity contribution >= 4 is 5.91 Å². The molecule has 0 aromatic carbocycles. The molecule has 5 heteroatoms. The van der Waals surface area contributed by atoms with E-state index in [1.165, 1.54) is 0 Å². The Hall–Kier alpha value is -2.43. The highest BCUT2D eigenvalue weighted by atomic mass is 16.1. The molecule has 0 saturated heterocycles. The molecule has 0 spiro atoms. The third-order valence-corrected chi connectivity index (χ3v) is 3.65. The zero-order chi connectivity index (χ0) is 14.5. The van der Waals surface area contributed by atoms with Gasteiger partial charge in [-0.15, -0.1) is 0 Å². The van der Waals surface area contributed by atoms with Crippen LogP contribution < -0.4 is 5.32 Å². The van der Waals surface area contributed by atoms with Crippen molar-refractivity contribution in [3.05, 3.63) is 54.5 Å². The van der Waals surface area contributed by atoms with Crippen molar-refractivity contribution in [1.82, 2.24) is 20.1 Å². The number of nitrogens with zero attached hydrogens (tertiary/aromatic N) is 3. The van der Waals surface area contributed by atoms with Crippen molar-refractivity contribution in [2.75, 3.05) is 0 Å². The van der Waals surface area contributed by atoms with Crippen LogP contribution in [-0.2, 0) is 11.3 Å². The fourth-order valence-corrected chi connectivity index (χ4v) is 2.43.